The molecule has 0 saturated carbocycles. The fourth-order valence-corrected chi connectivity index (χ4v) is 4.68. The van der Waals surface area contributed by atoms with Gasteiger partial charge < -0.3 is 9.47 Å². The van der Waals surface area contributed by atoms with E-state index in [-0.39, 0.29) is 41.9 Å². The lowest BCUT2D eigenvalue weighted by atomic mass is 9.75. The normalized spacial score (nSPS) is 14.8. The lowest BCUT2D eigenvalue weighted by Crippen LogP contribution is -2.41. The summed E-state index contributed by atoms with van der Waals surface area (Å²) in [5.41, 5.74) is 1.13. The van der Waals surface area contributed by atoms with E-state index in [1.807, 2.05) is 43.3 Å². The van der Waals surface area contributed by atoms with Gasteiger partial charge in [0.25, 0.3) is 0 Å². The second kappa shape index (κ2) is 14.6. The Morgan fingerprint density at radius 3 is 1.56 bits per heavy atom. The number of carbonyl (C=O) groups excluding carboxylic acids is 2. The maximum atomic E-state index is 13.0. The van der Waals surface area contributed by atoms with Gasteiger partial charge in [0, 0.05) is 11.8 Å². The van der Waals surface area contributed by atoms with Crippen molar-refractivity contribution < 1.29 is 19.1 Å². The topological polar surface area (TPSA) is 52.6 Å². The first-order valence-electron chi connectivity index (χ1n) is 12.9. The average Bonchev–Trinajstić information content (AvgIpc) is 2.85. The smallest absolute Gasteiger partial charge is 0.338 e. The molecule has 4 unspecified atom stereocenters. The van der Waals surface area contributed by atoms with Crippen LogP contribution in [-0.4, -0.2) is 24.1 Å². The quantitative estimate of drug-likeness (QED) is 0.267. The highest BCUT2D eigenvalue weighted by Gasteiger charge is 2.38. The Labute approximate surface area is 206 Å². The molecule has 0 radical (unpaired) electrons. The van der Waals surface area contributed by atoms with Gasteiger partial charge in [-0.3, -0.25) is 0 Å². The minimum atomic E-state index is -0.300. The molecule has 0 aromatic heterocycles. The number of ether oxygens (including phenoxy) is 2. The Morgan fingerprint density at radius 2 is 1.12 bits per heavy atom. The van der Waals surface area contributed by atoms with Gasteiger partial charge in [-0.15, -0.1) is 0 Å². The van der Waals surface area contributed by atoms with Crippen molar-refractivity contribution in [2.24, 2.45) is 17.8 Å². The van der Waals surface area contributed by atoms with Crippen molar-refractivity contribution in [3.63, 3.8) is 0 Å². The molecule has 2 aromatic carbocycles. The summed E-state index contributed by atoms with van der Waals surface area (Å²) < 4.78 is 12.2. The molecule has 0 spiro atoms. The number of esters is 2. The number of rotatable bonds is 14. The van der Waals surface area contributed by atoms with Crippen molar-refractivity contribution in [1.82, 2.24) is 0 Å². The lowest BCUT2D eigenvalue weighted by molar-refractivity contribution is -0.0472. The zero-order chi connectivity index (χ0) is 24.9. The van der Waals surface area contributed by atoms with Crippen molar-refractivity contribution in [2.75, 3.05) is 0 Å². The third-order valence-electron chi connectivity index (χ3n) is 6.57. The van der Waals surface area contributed by atoms with Crippen molar-refractivity contribution >= 4 is 11.9 Å². The van der Waals surface area contributed by atoms with Gasteiger partial charge >= 0.3 is 11.9 Å². The van der Waals surface area contributed by atoms with Crippen LogP contribution in [0.5, 0.6) is 0 Å². The first-order valence-corrected chi connectivity index (χ1v) is 12.9. The average molecular weight is 467 g/mol. The van der Waals surface area contributed by atoms with Crippen LogP contribution in [0.2, 0.25) is 0 Å². The number of hydrogen-bond donors (Lipinski definition) is 0. The summed E-state index contributed by atoms with van der Waals surface area (Å²) in [6.07, 6.45) is 5.54. The number of benzene rings is 2. The molecular weight excluding hydrogens is 424 g/mol. The van der Waals surface area contributed by atoms with Crippen LogP contribution in [0.1, 0.15) is 93.9 Å². The minimum absolute atomic E-state index is 0.107. The maximum Gasteiger partial charge on any atom is 0.338 e. The zero-order valence-corrected chi connectivity index (χ0v) is 21.5. The third kappa shape index (κ3) is 8.30. The maximum absolute atomic E-state index is 13.0. The second-order valence-electron chi connectivity index (χ2n) is 9.57. The van der Waals surface area contributed by atoms with Crippen LogP contribution < -0.4 is 0 Å². The standard InChI is InChI=1S/C30H42O4/c1-6-8-20-26(23(5)33-29(31)24-16-12-10-13-17-24)27(21-9-7-2)28(22(3)4)34-30(32)25-18-14-11-15-19-25/h10-19,22-23,26-28H,6-9,20-21H2,1-5H3. The van der Waals surface area contributed by atoms with Gasteiger partial charge in [-0.05, 0) is 49.9 Å². The van der Waals surface area contributed by atoms with Crippen LogP contribution in [0.4, 0.5) is 0 Å². The first-order chi connectivity index (χ1) is 16.4. The molecule has 4 heteroatoms. The highest BCUT2D eigenvalue weighted by atomic mass is 16.6. The monoisotopic (exact) mass is 466 g/mol. The van der Waals surface area contributed by atoms with Gasteiger partial charge in [0.15, 0.2) is 0 Å². The molecule has 0 heterocycles. The van der Waals surface area contributed by atoms with Gasteiger partial charge in [-0.1, -0.05) is 89.8 Å². The van der Waals surface area contributed by atoms with E-state index in [1.54, 1.807) is 24.3 Å². The highest BCUT2D eigenvalue weighted by molar-refractivity contribution is 5.90. The Kier molecular flexibility index (Phi) is 11.9. The first kappa shape index (κ1) is 27.6. The summed E-state index contributed by atoms with van der Waals surface area (Å²) >= 11 is 0. The van der Waals surface area contributed by atoms with Gasteiger partial charge in [0.05, 0.1) is 11.1 Å². The summed E-state index contributed by atoms with van der Waals surface area (Å²) in [4.78, 5) is 25.8. The minimum Gasteiger partial charge on any atom is -0.459 e. The molecular formula is C30H42O4. The Hall–Kier alpha value is -2.62. The molecule has 0 bridgehead atoms. The van der Waals surface area contributed by atoms with Crippen molar-refractivity contribution in [3.05, 3.63) is 71.8 Å². The van der Waals surface area contributed by atoms with Crippen LogP contribution >= 0.6 is 0 Å². The van der Waals surface area contributed by atoms with E-state index < -0.39 is 0 Å². The molecule has 0 amide bonds. The van der Waals surface area contributed by atoms with E-state index in [2.05, 4.69) is 27.7 Å². The van der Waals surface area contributed by atoms with E-state index >= 15 is 0 Å². The van der Waals surface area contributed by atoms with Crippen LogP contribution in [0.25, 0.3) is 0 Å². The summed E-state index contributed by atoms with van der Waals surface area (Å²) in [7, 11) is 0. The summed E-state index contributed by atoms with van der Waals surface area (Å²) in [6.45, 7) is 10.6. The zero-order valence-electron chi connectivity index (χ0n) is 21.5. The molecule has 0 aliphatic carbocycles. The third-order valence-corrected chi connectivity index (χ3v) is 6.57. The van der Waals surface area contributed by atoms with Gasteiger partial charge in [0.2, 0.25) is 0 Å². The van der Waals surface area contributed by atoms with Crippen molar-refractivity contribution in [2.45, 2.75) is 85.4 Å². The van der Waals surface area contributed by atoms with E-state index in [1.165, 1.54) is 0 Å². The Bertz CT molecular complexity index is 847. The van der Waals surface area contributed by atoms with Crippen LogP contribution in [0, 0.1) is 17.8 Å². The molecule has 0 saturated heterocycles. The van der Waals surface area contributed by atoms with Gasteiger partial charge in [-0.25, -0.2) is 9.59 Å². The summed E-state index contributed by atoms with van der Waals surface area (Å²) in [6, 6.07) is 18.3. The molecule has 0 aliphatic rings. The number of unbranched alkanes of at least 4 members (excludes halogenated alkanes) is 2. The molecule has 4 atom stereocenters. The molecule has 4 nitrogen and oxygen atoms in total. The van der Waals surface area contributed by atoms with Crippen LogP contribution in [0.15, 0.2) is 60.7 Å². The SMILES string of the molecule is CCCCC(C(C)OC(=O)c1ccccc1)C(CCCC)C(OC(=O)c1ccccc1)C(C)C. The number of carbonyl (C=O) groups is 2. The highest BCUT2D eigenvalue weighted by Crippen LogP contribution is 2.36. The van der Waals surface area contributed by atoms with E-state index in [9.17, 15) is 9.59 Å². The van der Waals surface area contributed by atoms with E-state index in [0.29, 0.717) is 11.1 Å². The van der Waals surface area contributed by atoms with Crippen LogP contribution in [-0.2, 0) is 9.47 Å². The van der Waals surface area contributed by atoms with Crippen LogP contribution in [0.3, 0.4) is 0 Å². The molecule has 2 aromatic rings. The molecule has 0 fully saturated rings. The summed E-state index contributed by atoms with van der Waals surface area (Å²) in [5.74, 6) is -0.223. The fraction of sp³-hybridized carbons (Fsp3) is 0.533. The molecule has 0 N–H and O–H groups in total. The molecule has 186 valence electrons. The Morgan fingerprint density at radius 1 is 0.676 bits per heavy atom. The second-order valence-corrected chi connectivity index (χ2v) is 9.57. The van der Waals surface area contributed by atoms with E-state index in [0.717, 1.165) is 38.5 Å². The lowest BCUT2D eigenvalue weighted by Gasteiger charge is -2.38. The van der Waals surface area contributed by atoms with Gasteiger partial charge in [0.1, 0.15) is 12.2 Å². The Balaban J connectivity index is 2.30. The van der Waals surface area contributed by atoms with Crippen molar-refractivity contribution in [1.29, 1.82) is 0 Å². The van der Waals surface area contributed by atoms with E-state index in [4.69, 9.17) is 9.47 Å². The predicted octanol–water partition coefficient (Wildman–Crippen LogP) is 7.73. The molecule has 0 aliphatic heterocycles. The molecule has 34 heavy (non-hydrogen) atoms. The number of hydrogen-bond acceptors (Lipinski definition) is 4. The molecule has 2 rings (SSSR count). The van der Waals surface area contributed by atoms with Gasteiger partial charge in [-0.2, -0.15) is 0 Å². The largest absolute Gasteiger partial charge is 0.459 e. The summed E-state index contributed by atoms with van der Waals surface area (Å²) in [5, 5.41) is 0. The predicted molar refractivity (Wildman–Crippen MR) is 138 cm³/mol. The van der Waals surface area contributed by atoms with Crippen molar-refractivity contribution in [3.8, 4) is 0 Å². The fourth-order valence-electron chi connectivity index (χ4n) is 4.68.